The fourth-order valence-corrected chi connectivity index (χ4v) is 2.51. The van der Waals surface area contributed by atoms with E-state index in [0.29, 0.717) is 24.3 Å². The average molecular weight is 272 g/mol. The van der Waals surface area contributed by atoms with Crippen LogP contribution in [-0.2, 0) is 6.42 Å². The Hall–Kier alpha value is -2.36. The number of ether oxygens (including phenoxy) is 1. The maximum absolute atomic E-state index is 13.8. The normalized spacial score (nSPS) is 17.1. The summed E-state index contributed by atoms with van der Waals surface area (Å²) >= 11 is 0. The van der Waals surface area contributed by atoms with Crippen LogP contribution in [0.25, 0.3) is 0 Å². The van der Waals surface area contributed by atoms with Crippen LogP contribution in [-0.4, -0.2) is 17.7 Å². The molecule has 1 unspecified atom stereocenters. The molecule has 1 aliphatic rings. The first-order chi connectivity index (χ1) is 9.65. The van der Waals surface area contributed by atoms with E-state index in [1.54, 1.807) is 24.3 Å². The van der Waals surface area contributed by atoms with Crippen molar-refractivity contribution in [2.75, 3.05) is 6.61 Å². The second kappa shape index (κ2) is 4.96. The monoisotopic (exact) mass is 272 g/mol. The Labute approximate surface area is 115 Å². The van der Waals surface area contributed by atoms with Gasteiger partial charge in [-0.1, -0.05) is 24.3 Å². The molecule has 1 N–H and O–H groups in total. The van der Waals surface area contributed by atoms with Gasteiger partial charge in [-0.15, -0.1) is 0 Å². The van der Waals surface area contributed by atoms with E-state index in [-0.39, 0.29) is 17.3 Å². The number of hydrogen-bond acceptors (Lipinski definition) is 2. The van der Waals surface area contributed by atoms with Gasteiger partial charge in [0.1, 0.15) is 11.6 Å². The van der Waals surface area contributed by atoms with Gasteiger partial charge in [-0.3, -0.25) is 0 Å². The van der Waals surface area contributed by atoms with Crippen LogP contribution in [0.2, 0.25) is 0 Å². The molecule has 20 heavy (non-hydrogen) atoms. The Bertz CT molecular complexity index is 667. The molecule has 3 rings (SSSR count). The van der Waals surface area contributed by atoms with Crippen LogP contribution in [0.15, 0.2) is 42.5 Å². The van der Waals surface area contributed by atoms with Gasteiger partial charge in [0.2, 0.25) is 0 Å². The standard InChI is InChI=1S/C16H13FO3/c17-14-4-2-1-3-13(14)12-7-10-5-6-11(16(18)19)8-15(10)20-9-12/h1-6,8,12H,7,9H2,(H,18,19). The lowest BCUT2D eigenvalue weighted by atomic mass is 9.89. The average Bonchev–Trinajstić information content (AvgIpc) is 2.46. The zero-order chi connectivity index (χ0) is 14.1. The maximum Gasteiger partial charge on any atom is 0.335 e. The second-order valence-corrected chi connectivity index (χ2v) is 4.86. The summed E-state index contributed by atoms with van der Waals surface area (Å²) in [6.07, 6.45) is 0.649. The highest BCUT2D eigenvalue weighted by Crippen LogP contribution is 2.33. The molecule has 0 amide bonds. The van der Waals surface area contributed by atoms with Crippen molar-refractivity contribution in [3.8, 4) is 5.75 Å². The number of carboxylic acid groups (broad SMARTS) is 1. The number of carbonyl (C=O) groups is 1. The Morgan fingerprint density at radius 2 is 2.05 bits per heavy atom. The SMILES string of the molecule is O=C(O)c1ccc2c(c1)OCC(c1ccccc1F)C2. The van der Waals surface area contributed by atoms with Crippen molar-refractivity contribution in [2.45, 2.75) is 12.3 Å². The molecule has 0 fully saturated rings. The Balaban J connectivity index is 1.90. The summed E-state index contributed by atoms with van der Waals surface area (Å²) in [7, 11) is 0. The molecular formula is C16H13FO3. The minimum Gasteiger partial charge on any atom is -0.493 e. The van der Waals surface area contributed by atoms with E-state index >= 15 is 0 Å². The summed E-state index contributed by atoms with van der Waals surface area (Å²) in [6.45, 7) is 0.358. The summed E-state index contributed by atoms with van der Waals surface area (Å²) in [5.74, 6) is -0.670. The molecule has 2 aromatic rings. The Morgan fingerprint density at radius 3 is 2.80 bits per heavy atom. The first-order valence-electron chi connectivity index (χ1n) is 6.38. The van der Waals surface area contributed by atoms with Crippen LogP contribution in [0.4, 0.5) is 4.39 Å². The molecule has 102 valence electrons. The Kier molecular flexibility index (Phi) is 3.14. The largest absolute Gasteiger partial charge is 0.493 e. The number of benzene rings is 2. The van der Waals surface area contributed by atoms with Crippen LogP contribution in [0.5, 0.6) is 5.75 Å². The summed E-state index contributed by atoms with van der Waals surface area (Å²) in [4.78, 5) is 10.9. The molecule has 1 aliphatic heterocycles. The maximum atomic E-state index is 13.8. The minimum absolute atomic E-state index is 0.0422. The zero-order valence-corrected chi connectivity index (χ0v) is 10.7. The molecule has 2 aromatic carbocycles. The van der Waals surface area contributed by atoms with Crippen molar-refractivity contribution in [3.05, 3.63) is 65.0 Å². The van der Waals surface area contributed by atoms with E-state index < -0.39 is 5.97 Å². The van der Waals surface area contributed by atoms with Crippen molar-refractivity contribution in [2.24, 2.45) is 0 Å². The van der Waals surface area contributed by atoms with Gasteiger partial charge >= 0.3 is 5.97 Å². The van der Waals surface area contributed by atoms with Gasteiger partial charge in [0.15, 0.2) is 0 Å². The van der Waals surface area contributed by atoms with E-state index in [1.165, 1.54) is 12.1 Å². The fraction of sp³-hybridized carbons (Fsp3) is 0.188. The van der Waals surface area contributed by atoms with Gasteiger partial charge in [-0.2, -0.15) is 0 Å². The van der Waals surface area contributed by atoms with Crippen LogP contribution < -0.4 is 4.74 Å². The minimum atomic E-state index is -0.979. The summed E-state index contributed by atoms with van der Waals surface area (Å²) in [5.41, 5.74) is 1.75. The van der Waals surface area contributed by atoms with Crippen LogP contribution in [0.3, 0.4) is 0 Å². The molecule has 0 spiro atoms. The second-order valence-electron chi connectivity index (χ2n) is 4.86. The van der Waals surface area contributed by atoms with Gasteiger partial charge in [0.05, 0.1) is 12.2 Å². The molecule has 3 nitrogen and oxygen atoms in total. The first kappa shape index (κ1) is 12.7. The lowest BCUT2D eigenvalue weighted by Crippen LogP contribution is -2.20. The van der Waals surface area contributed by atoms with Gasteiger partial charge in [0, 0.05) is 5.92 Å². The Morgan fingerprint density at radius 1 is 1.25 bits per heavy atom. The van der Waals surface area contributed by atoms with Crippen molar-refractivity contribution in [1.82, 2.24) is 0 Å². The summed E-state index contributed by atoms with van der Waals surface area (Å²) in [5, 5.41) is 8.95. The number of carboxylic acids is 1. The molecule has 0 aromatic heterocycles. The molecular weight excluding hydrogens is 259 g/mol. The third-order valence-electron chi connectivity index (χ3n) is 3.57. The van der Waals surface area contributed by atoms with E-state index in [9.17, 15) is 9.18 Å². The highest BCUT2D eigenvalue weighted by atomic mass is 19.1. The van der Waals surface area contributed by atoms with Gasteiger partial charge in [0.25, 0.3) is 0 Å². The van der Waals surface area contributed by atoms with Crippen molar-refractivity contribution in [1.29, 1.82) is 0 Å². The van der Waals surface area contributed by atoms with Crippen LogP contribution >= 0.6 is 0 Å². The van der Waals surface area contributed by atoms with Crippen molar-refractivity contribution < 1.29 is 19.0 Å². The highest BCUT2D eigenvalue weighted by Gasteiger charge is 2.24. The number of hydrogen-bond donors (Lipinski definition) is 1. The third kappa shape index (κ3) is 2.25. The van der Waals surface area contributed by atoms with Crippen molar-refractivity contribution >= 4 is 5.97 Å². The van der Waals surface area contributed by atoms with E-state index in [2.05, 4.69) is 0 Å². The highest BCUT2D eigenvalue weighted by molar-refractivity contribution is 5.88. The molecule has 0 aliphatic carbocycles. The molecule has 4 heteroatoms. The predicted octanol–water partition coefficient (Wildman–Crippen LogP) is 3.24. The topological polar surface area (TPSA) is 46.5 Å². The van der Waals surface area contributed by atoms with Crippen molar-refractivity contribution in [3.63, 3.8) is 0 Å². The number of aromatic carboxylic acids is 1. The lowest BCUT2D eigenvalue weighted by Gasteiger charge is -2.26. The quantitative estimate of drug-likeness (QED) is 0.912. The molecule has 0 radical (unpaired) electrons. The molecule has 0 saturated carbocycles. The third-order valence-corrected chi connectivity index (χ3v) is 3.57. The molecule has 0 saturated heterocycles. The zero-order valence-electron chi connectivity index (χ0n) is 10.7. The summed E-state index contributed by atoms with van der Waals surface area (Å²) in [6, 6.07) is 11.5. The van der Waals surface area contributed by atoms with Crippen LogP contribution in [0, 0.1) is 5.82 Å². The predicted molar refractivity (Wildman–Crippen MR) is 71.7 cm³/mol. The van der Waals surface area contributed by atoms with E-state index in [1.807, 2.05) is 6.07 Å². The molecule has 1 atom stereocenters. The van der Waals surface area contributed by atoms with Gasteiger partial charge in [-0.25, -0.2) is 9.18 Å². The molecule has 1 heterocycles. The van der Waals surface area contributed by atoms with Crippen LogP contribution in [0.1, 0.15) is 27.4 Å². The first-order valence-corrected chi connectivity index (χ1v) is 6.38. The van der Waals surface area contributed by atoms with Gasteiger partial charge in [-0.05, 0) is 35.7 Å². The number of fused-ring (bicyclic) bond motifs is 1. The number of halogens is 1. The van der Waals surface area contributed by atoms with Gasteiger partial charge < -0.3 is 9.84 Å². The smallest absolute Gasteiger partial charge is 0.335 e. The van der Waals surface area contributed by atoms with E-state index in [4.69, 9.17) is 9.84 Å². The lowest BCUT2D eigenvalue weighted by molar-refractivity contribution is 0.0696. The fourth-order valence-electron chi connectivity index (χ4n) is 2.51. The number of rotatable bonds is 2. The summed E-state index contributed by atoms with van der Waals surface area (Å²) < 4.78 is 19.4. The molecule has 0 bridgehead atoms. The van der Waals surface area contributed by atoms with E-state index in [0.717, 1.165) is 5.56 Å².